The van der Waals surface area contributed by atoms with Crippen molar-refractivity contribution in [3.63, 3.8) is 0 Å². The highest BCUT2D eigenvalue weighted by atomic mass is 16.3. The second kappa shape index (κ2) is 11.9. The minimum Gasteiger partial charge on any atom is -0.455 e. The van der Waals surface area contributed by atoms with Gasteiger partial charge in [-0.3, -0.25) is 0 Å². The van der Waals surface area contributed by atoms with Crippen LogP contribution in [0.25, 0.3) is 71.7 Å². The number of furan rings is 1. The van der Waals surface area contributed by atoms with Crippen molar-refractivity contribution in [3.8, 4) is 27.9 Å². The molecule has 8 aromatic carbocycles. The summed E-state index contributed by atoms with van der Waals surface area (Å²) in [6, 6.07) is 69.1. The maximum atomic E-state index is 6.46. The molecule has 10 aromatic rings. The van der Waals surface area contributed by atoms with Gasteiger partial charge in [-0.1, -0.05) is 127 Å². The highest BCUT2D eigenvalue weighted by Crippen LogP contribution is 2.41. The van der Waals surface area contributed by atoms with E-state index in [0.29, 0.717) is 0 Å². The summed E-state index contributed by atoms with van der Waals surface area (Å²) in [5.74, 6) is 0. The summed E-state index contributed by atoms with van der Waals surface area (Å²) >= 11 is 0. The number of aromatic nitrogens is 1. The third-order valence-corrected chi connectivity index (χ3v) is 10.00. The van der Waals surface area contributed by atoms with Gasteiger partial charge in [0.25, 0.3) is 0 Å². The van der Waals surface area contributed by atoms with Crippen LogP contribution < -0.4 is 4.90 Å². The third-order valence-electron chi connectivity index (χ3n) is 10.00. The van der Waals surface area contributed by atoms with Crippen LogP contribution in [0.2, 0.25) is 0 Å². The van der Waals surface area contributed by atoms with E-state index in [1.807, 2.05) is 12.1 Å². The first-order valence-electron chi connectivity index (χ1n) is 17.4. The Balaban J connectivity index is 1.11. The fourth-order valence-electron chi connectivity index (χ4n) is 7.62. The van der Waals surface area contributed by atoms with E-state index >= 15 is 0 Å². The van der Waals surface area contributed by atoms with Gasteiger partial charge < -0.3 is 13.9 Å². The lowest BCUT2D eigenvalue weighted by molar-refractivity contribution is 0.670. The second-order valence-electron chi connectivity index (χ2n) is 13.0. The molecular formula is C48H32N2O. The molecule has 0 aliphatic heterocycles. The number of para-hydroxylation sites is 4. The van der Waals surface area contributed by atoms with E-state index < -0.39 is 0 Å². The van der Waals surface area contributed by atoms with Crippen LogP contribution in [0.3, 0.4) is 0 Å². The van der Waals surface area contributed by atoms with Gasteiger partial charge in [0.1, 0.15) is 11.2 Å². The Morgan fingerprint density at radius 3 is 1.65 bits per heavy atom. The molecule has 0 aliphatic rings. The SMILES string of the molecule is c1ccc(-c2ccc(N(c3ccc(-n4c5ccccc5c5ccccc54)cc3)c3cccc(-c4cccc5c4oc4ccccc45)c3)cc2)cc1. The van der Waals surface area contributed by atoms with Crippen molar-refractivity contribution >= 4 is 60.8 Å². The molecule has 3 heteroatoms. The molecule has 0 aliphatic carbocycles. The molecule has 2 heterocycles. The summed E-state index contributed by atoms with van der Waals surface area (Å²) in [5.41, 5.74) is 13.1. The van der Waals surface area contributed by atoms with Crippen LogP contribution in [-0.2, 0) is 0 Å². The zero-order chi connectivity index (χ0) is 33.7. The molecular weight excluding hydrogens is 621 g/mol. The van der Waals surface area contributed by atoms with Crippen molar-refractivity contribution in [1.29, 1.82) is 0 Å². The Bertz CT molecular complexity index is 2790. The fraction of sp³-hybridized carbons (Fsp3) is 0. The van der Waals surface area contributed by atoms with E-state index in [-0.39, 0.29) is 0 Å². The lowest BCUT2D eigenvalue weighted by Crippen LogP contribution is -2.10. The molecule has 0 saturated heterocycles. The smallest absolute Gasteiger partial charge is 0.143 e. The van der Waals surface area contributed by atoms with Crippen LogP contribution in [0.4, 0.5) is 17.1 Å². The molecule has 0 atom stereocenters. The van der Waals surface area contributed by atoms with Crippen molar-refractivity contribution in [2.45, 2.75) is 0 Å². The van der Waals surface area contributed by atoms with Gasteiger partial charge in [0.15, 0.2) is 0 Å². The van der Waals surface area contributed by atoms with E-state index in [2.05, 4.69) is 191 Å². The molecule has 10 rings (SSSR count). The predicted octanol–water partition coefficient (Wildman–Crippen LogP) is 13.5. The maximum Gasteiger partial charge on any atom is 0.143 e. The first kappa shape index (κ1) is 29.1. The average molecular weight is 653 g/mol. The molecule has 0 unspecified atom stereocenters. The van der Waals surface area contributed by atoms with Crippen LogP contribution in [0.15, 0.2) is 199 Å². The van der Waals surface area contributed by atoms with E-state index in [0.717, 1.165) is 55.8 Å². The van der Waals surface area contributed by atoms with Crippen molar-refractivity contribution in [3.05, 3.63) is 194 Å². The quantitative estimate of drug-likeness (QED) is 0.178. The van der Waals surface area contributed by atoms with Gasteiger partial charge in [0.05, 0.1) is 11.0 Å². The summed E-state index contributed by atoms with van der Waals surface area (Å²) in [4.78, 5) is 2.34. The summed E-state index contributed by atoms with van der Waals surface area (Å²) in [7, 11) is 0. The molecule has 51 heavy (non-hydrogen) atoms. The number of benzene rings is 8. The molecule has 0 bridgehead atoms. The number of hydrogen-bond acceptors (Lipinski definition) is 2. The monoisotopic (exact) mass is 652 g/mol. The highest BCUT2D eigenvalue weighted by Gasteiger charge is 2.18. The molecule has 2 aromatic heterocycles. The van der Waals surface area contributed by atoms with Crippen molar-refractivity contribution in [2.75, 3.05) is 4.90 Å². The van der Waals surface area contributed by atoms with Crippen LogP contribution in [0.5, 0.6) is 0 Å². The minimum absolute atomic E-state index is 0.902. The summed E-state index contributed by atoms with van der Waals surface area (Å²) in [5, 5.41) is 4.78. The molecule has 0 fully saturated rings. The number of nitrogens with zero attached hydrogens (tertiary/aromatic N) is 2. The predicted molar refractivity (Wildman–Crippen MR) is 214 cm³/mol. The van der Waals surface area contributed by atoms with Gasteiger partial charge in [-0.2, -0.15) is 0 Å². The molecule has 0 saturated carbocycles. The molecule has 3 nitrogen and oxygen atoms in total. The number of rotatable bonds is 6. The zero-order valence-electron chi connectivity index (χ0n) is 27.8. The van der Waals surface area contributed by atoms with E-state index in [1.54, 1.807) is 0 Å². The lowest BCUT2D eigenvalue weighted by Gasteiger charge is -2.26. The molecule has 240 valence electrons. The standard InChI is InChI=1S/C48H32N2O/c1-2-12-33(13-3-1)34-24-26-36(27-25-34)49(37-28-30-38(31-29-37)50-45-21-7-4-16-41(45)42-17-5-8-22-46(42)50)39-15-10-14-35(32-39)40-19-11-20-44-43-18-6-9-23-47(43)51-48(40)44/h1-32H. The van der Waals surface area contributed by atoms with Gasteiger partial charge in [0, 0.05) is 49.9 Å². The van der Waals surface area contributed by atoms with Gasteiger partial charge in [-0.05, 0) is 83.4 Å². The Labute approximate surface area is 295 Å². The molecule has 0 radical (unpaired) electrons. The topological polar surface area (TPSA) is 21.3 Å². The molecule has 0 amide bonds. The van der Waals surface area contributed by atoms with E-state index in [9.17, 15) is 0 Å². The number of anilines is 3. The minimum atomic E-state index is 0.902. The number of hydrogen-bond donors (Lipinski definition) is 0. The first-order chi connectivity index (χ1) is 25.3. The van der Waals surface area contributed by atoms with Crippen LogP contribution in [0, 0.1) is 0 Å². The summed E-state index contributed by atoms with van der Waals surface area (Å²) < 4.78 is 8.82. The van der Waals surface area contributed by atoms with Crippen molar-refractivity contribution in [1.82, 2.24) is 4.57 Å². The van der Waals surface area contributed by atoms with Gasteiger partial charge in [-0.25, -0.2) is 0 Å². The highest BCUT2D eigenvalue weighted by molar-refractivity contribution is 6.10. The maximum absolute atomic E-state index is 6.46. The molecule has 0 spiro atoms. The Morgan fingerprint density at radius 1 is 0.373 bits per heavy atom. The zero-order valence-corrected chi connectivity index (χ0v) is 27.8. The summed E-state index contributed by atoms with van der Waals surface area (Å²) in [6.45, 7) is 0. The van der Waals surface area contributed by atoms with Gasteiger partial charge >= 0.3 is 0 Å². The average Bonchev–Trinajstić information content (AvgIpc) is 3.75. The number of fused-ring (bicyclic) bond motifs is 6. The Morgan fingerprint density at radius 2 is 0.922 bits per heavy atom. The van der Waals surface area contributed by atoms with E-state index in [4.69, 9.17) is 4.42 Å². The third kappa shape index (κ3) is 4.90. The summed E-state index contributed by atoms with van der Waals surface area (Å²) in [6.07, 6.45) is 0. The molecule has 0 N–H and O–H groups in total. The fourth-order valence-corrected chi connectivity index (χ4v) is 7.62. The Hall–Kier alpha value is -6.84. The van der Waals surface area contributed by atoms with Gasteiger partial charge in [-0.15, -0.1) is 0 Å². The van der Waals surface area contributed by atoms with Crippen molar-refractivity contribution in [2.24, 2.45) is 0 Å². The van der Waals surface area contributed by atoms with Crippen LogP contribution in [0.1, 0.15) is 0 Å². The van der Waals surface area contributed by atoms with Gasteiger partial charge in [0.2, 0.25) is 0 Å². The lowest BCUT2D eigenvalue weighted by atomic mass is 10.0. The van der Waals surface area contributed by atoms with E-state index in [1.165, 1.54) is 32.9 Å². The largest absolute Gasteiger partial charge is 0.455 e. The first-order valence-corrected chi connectivity index (χ1v) is 17.4. The second-order valence-corrected chi connectivity index (χ2v) is 13.0. The normalized spacial score (nSPS) is 11.5. The Kier molecular flexibility index (Phi) is 6.81. The van der Waals surface area contributed by atoms with Crippen LogP contribution in [-0.4, -0.2) is 4.57 Å². The van der Waals surface area contributed by atoms with Crippen molar-refractivity contribution < 1.29 is 4.42 Å². The van der Waals surface area contributed by atoms with Crippen LogP contribution >= 0.6 is 0 Å².